The van der Waals surface area contributed by atoms with Crippen LogP contribution in [0.4, 0.5) is 4.79 Å². The second-order valence-electron chi connectivity index (χ2n) is 6.39. The molecule has 0 heterocycles. The van der Waals surface area contributed by atoms with Crippen LogP contribution in [0.2, 0.25) is 0 Å². The Labute approximate surface area is 131 Å². The second kappa shape index (κ2) is 8.57. The summed E-state index contributed by atoms with van der Waals surface area (Å²) in [6.45, 7) is 12.0. The van der Waals surface area contributed by atoms with Gasteiger partial charge in [0.05, 0.1) is 0 Å². The Balaban J connectivity index is 4.22. The van der Waals surface area contributed by atoms with Gasteiger partial charge in [-0.1, -0.05) is 0 Å². The van der Waals surface area contributed by atoms with Gasteiger partial charge in [-0.05, 0) is 48.5 Å². The van der Waals surface area contributed by atoms with Gasteiger partial charge in [-0.3, -0.25) is 15.0 Å². The van der Waals surface area contributed by atoms with Gasteiger partial charge in [-0.2, -0.15) is 0 Å². The molecule has 4 N–H and O–H groups in total. The molecule has 0 aliphatic heterocycles. The highest BCUT2D eigenvalue weighted by atomic mass is 16.6. The number of carbonyl (C=O) groups is 3. The predicted octanol–water partition coefficient (Wildman–Crippen LogP) is 0.434. The van der Waals surface area contributed by atoms with E-state index in [0.717, 1.165) is 0 Å². The molecule has 0 aliphatic rings. The lowest BCUT2D eigenvalue weighted by atomic mass is 10.2. The summed E-state index contributed by atoms with van der Waals surface area (Å²) in [6.07, 6.45) is -0.683. The van der Waals surface area contributed by atoms with Crippen LogP contribution < -0.4 is 21.5 Å². The third kappa shape index (κ3) is 9.17. The third-order valence-corrected chi connectivity index (χ3v) is 2.37. The molecule has 128 valence electrons. The number of ether oxygens (including phenoxy) is 1. The minimum absolute atomic E-state index is 0.00349. The van der Waals surface area contributed by atoms with Gasteiger partial charge in [0, 0.05) is 6.04 Å². The molecular formula is C14H28N4O4. The highest BCUT2D eigenvalue weighted by molar-refractivity contribution is 5.89. The van der Waals surface area contributed by atoms with Crippen molar-refractivity contribution in [3.63, 3.8) is 0 Å². The fraction of sp³-hybridized carbons (Fsp3) is 0.786. The predicted molar refractivity (Wildman–Crippen MR) is 82.9 cm³/mol. The van der Waals surface area contributed by atoms with Gasteiger partial charge in [0.15, 0.2) is 0 Å². The molecule has 8 nitrogen and oxygen atoms in total. The van der Waals surface area contributed by atoms with Crippen LogP contribution in [0.3, 0.4) is 0 Å². The third-order valence-electron chi connectivity index (χ3n) is 2.37. The zero-order chi connectivity index (χ0) is 17.5. The highest BCUT2D eigenvalue weighted by Crippen LogP contribution is 2.05. The summed E-state index contributed by atoms with van der Waals surface area (Å²) < 4.78 is 5.02. The molecule has 3 amide bonds. The average Bonchev–Trinajstić information content (AvgIpc) is 2.32. The largest absolute Gasteiger partial charge is 0.443 e. The maximum absolute atomic E-state index is 11.9. The zero-order valence-corrected chi connectivity index (χ0v) is 14.4. The molecule has 0 aromatic heterocycles. The topological polar surface area (TPSA) is 109 Å². The molecule has 2 atom stereocenters. The van der Waals surface area contributed by atoms with Crippen LogP contribution in [0.25, 0.3) is 0 Å². The van der Waals surface area contributed by atoms with Crippen LogP contribution in [0, 0.1) is 0 Å². The monoisotopic (exact) mass is 316 g/mol. The Morgan fingerprint density at radius 2 is 1.36 bits per heavy atom. The summed E-state index contributed by atoms with van der Waals surface area (Å²) >= 11 is 0. The minimum atomic E-state index is -0.721. The van der Waals surface area contributed by atoms with Crippen molar-refractivity contribution in [3.05, 3.63) is 0 Å². The van der Waals surface area contributed by atoms with Crippen LogP contribution in [0.1, 0.15) is 48.5 Å². The summed E-state index contributed by atoms with van der Waals surface area (Å²) in [5.74, 6) is -0.682. The van der Waals surface area contributed by atoms with Gasteiger partial charge in [0.1, 0.15) is 17.7 Å². The lowest BCUT2D eigenvalue weighted by Crippen LogP contribution is -2.55. The Kier molecular flexibility index (Phi) is 7.86. The smallest absolute Gasteiger partial charge is 0.422 e. The Hall–Kier alpha value is -1.83. The Morgan fingerprint density at radius 3 is 1.82 bits per heavy atom. The first-order chi connectivity index (χ1) is 9.92. The molecule has 0 spiro atoms. The number of hydrogen-bond donors (Lipinski definition) is 4. The molecular weight excluding hydrogens is 288 g/mol. The molecule has 8 heteroatoms. The molecule has 0 unspecified atom stereocenters. The van der Waals surface area contributed by atoms with Crippen molar-refractivity contribution in [3.8, 4) is 0 Å². The normalized spacial score (nSPS) is 14.0. The van der Waals surface area contributed by atoms with Crippen molar-refractivity contribution in [2.45, 2.75) is 72.2 Å². The van der Waals surface area contributed by atoms with Gasteiger partial charge < -0.3 is 15.4 Å². The lowest BCUT2D eigenvalue weighted by Gasteiger charge is -2.22. The quantitative estimate of drug-likeness (QED) is 0.532. The summed E-state index contributed by atoms with van der Waals surface area (Å²) in [5.41, 5.74) is 4.18. The number of hydrogen-bond acceptors (Lipinski definition) is 5. The number of amides is 3. The van der Waals surface area contributed by atoms with Crippen molar-refractivity contribution in [2.75, 3.05) is 0 Å². The maximum atomic E-state index is 11.9. The molecule has 0 aliphatic carbocycles. The van der Waals surface area contributed by atoms with Gasteiger partial charge in [0.2, 0.25) is 11.8 Å². The average molecular weight is 316 g/mol. The van der Waals surface area contributed by atoms with Crippen molar-refractivity contribution in [1.29, 1.82) is 0 Å². The van der Waals surface area contributed by atoms with Crippen molar-refractivity contribution in [1.82, 2.24) is 21.5 Å². The summed E-state index contributed by atoms with van der Waals surface area (Å²) in [5, 5.41) is 5.25. The minimum Gasteiger partial charge on any atom is -0.443 e. The molecule has 0 rings (SSSR count). The van der Waals surface area contributed by atoms with E-state index in [4.69, 9.17) is 4.74 Å². The van der Waals surface area contributed by atoms with Crippen LogP contribution in [-0.2, 0) is 14.3 Å². The summed E-state index contributed by atoms with van der Waals surface area (Å²) in [4.78, 5) is 35.0. The molecule has 0 aromatic carbocycles. The number of hydrazine groups is 1. The van der Waals surface area contributed by atoms with Crippen LogP contribution in [0.5, 0.6) is 0 Å². The first kappa shape index (κ1) is 20.2. The Bertz CT molecular complexity index is 404. The van der Waals surface area contributed by atoms with E-state index in [2.05, 4.69) is 21.5 Å². The lowest BCUT2D eigenvalue weighted by molar-refractivity contribution is -0.129. The van der Waals surface area contributed by atoms with E-state index in [0.29, 0.717) is 0 Å². The van der Waals surface area contributed by atoms with Gasteiger partial charge in [0.25, 0.3) is 0 Å². The summed E-state index contributed by atoms with van der Waals surface area (Å²) in [6, 6.07) is -1.39. The second-order valence-corrected chi connectivity index (χ2v) is 6.39. The van der Waals surface area contributed by atoms with Gasteiger partial charge in [-0.25, -0.2) is 10.2 Å². The molecule has 0 radical (unpaired) electrons. The van der Waals surface area contributed by atoms with Crippen LogP contribution >= 0.6 is 0 Å². The zero-order valence-electron chi connectivity index (χ0n) is 14.4. The number of nitrogens with one attached hydrogen (secondary N) is 4. The van der Waals surface area contributed by atoms with E-state index in [1.165, 1.54) is 0 Å². The molecule has 0 saturated heterocycles. The number of rotatable bonds is 6. The van der Waals surface area contributed by atoms with Crippen LogP contribution in [0.15, 0.2) is 0 Å². The van der Waals surface area contributed by atoms with Gasteiger partial charge >= 0.3 is 6.09 Å². The summed E-state index contributed by atoms with van der Waals surface area (Å²) in [7, 11) is 0. The van der Waals surface area contributed by atoms with Gasteiger partial charge in [-0.15, -0.1) is 0 Å². The van der Waals surface area contributed by atoms with E-state index in [-0.39, 0.29) is 11.9 Å². The highest BCUT2D eigenvalue weighted by Gasteiger charge is 2.21. The molecule has 0 bridgehead atoms. The first-order valence-electron chi connectivity index (χ1n) is 7.27. The SMILES string of the molecule is CC(C)NC(=O)[C@H](C)NC(=O)[C@H](C)NNC(=O)OC(C)(C)C. The first-order valence-corrected chi connectivity index (χ1v) is 7.27. The van der Waals surface area contributed by atoms with E-state index < -0.39 is 29.7 Å². The van der Waals surface area contributed by atoms with E-state index in [1.807, 2.05) is 13.8 Å². The Morgan fingerprint density at radius 1 is 0.864 bits per heavy atom. The standard InChI is InChI=1S/C14H28N4O4/c1-8(2)15-11(19)9(3)16-12(20)10(4)17-18-13(21)22-14(5,6)7/h8-10,17H,1-7H3,(H,15,19)(H,16,20)(H,18,21)/t9-,10-/m0/s1. The van der Waals surface area contributed by atoms with E-state index in [1.54, 1.807) is 34.6 Å². The molecule has 0 aromatic rings. The van der Waals surface area contributed by atoms with Crippen molar-refractivity contribution < 1.29 is 19.1 Å². The maximum Gasteiger partial charge on any atom is 0.422 e. The van der Waals surface area contributed by atoms with Crippen molar-refractivity contribution >= 4 is 17.9 Å². The van der Waals surface area contributed by atoms with Crippen LogP contribution in [-0.4, -0.2) is 41.6 Å². The number of carbonyl (C=O) groups excluding carboxylic acids is 3. The molecule has 22 heavy (non-hydrogen) atoms. The van der Waals surface area contributed by atoms with E-state index >= 15 is 0 Å². The molecule has 0 saturated carbocycles. The molecule has 0 fully saturated rings. The fourth-order valence-electron chi connectivity index (χ4n) is 1.35. The van der Waals surface area contributed by atoms with E-state index in [9.17, 15) is 14.4 Å². The fourth-order valence-corrected chi connectivity index (χ4v) is 1.35. The van der Waals surface area contributed by atoms with Crippen molar-refractivity contribution in [2.24, 2.45) is 0 Å².